The summed E-state index contributed by atoms with van der Waals surface area (Å²) in [5.41, 5.74) is 9.04. The average Bonchev–Trinajstić information content (AvgIpc) is 3.86. The molecule has 0 amide bonds. The SMILES string of the molecule is C=C.C=C.C=C/C=C(\C(C)=C(/C)NC(=C)c1n[nH]c(=C)\c1=C/C(=C\C)C(/C=C(\C=C)CCCN1CCCC1)=C/C)c1cc(F)cc(CNC)c1.CC.CC. The number of nitrogens with zero attached hydrogens (tertiary/aromatic N) is 2. The van der Waals surface area contributed by atoms with Gasteiger partial charge in [0.15, 0.2) is 0 Å². The van der Waals surface area contributed by atoms with Crippen LogP contribution in [0.15, 0.2) is 129 Å². The van der Waals surface area contributed by atoms with Gasteiger partial charge in [0, 0.05) is 17.5 Å². The molecule has 2 heterocycles. The summed E-state index contributed by atoms with van der Waals surface area (Å²) in [6.07, 6.45) is 18.9. The smallest absolute Gasteiger partial charge is 0.124 e. The monoisotopic (exact) mass is 738 g/mol. The van der Waals surface area contributed by atoms with Crippen LogP contribution in [0.25, 0.3) is 23.9 Å². The van der Waals surface area contributed by atoms with Crippen LogP contribution in [0.5, 0.6) is 0 Å². The fraction of sp³-hybridized carbons (Fsp3) is 0.354. The van der Waals surface area contributed by atoms with Gasteiger partial charge in [-0.1, -0.05) is 90.5 Å². The maximum Gasteiger partial charge on any atom is 0.124 e. The third kappa shape index (κ3) is 16.9. The molecule has 3 rings (SSSR count). The van der Waals surface area contributed by atoms with Crippen molar-refractivity contribution in [3.63, 3.8) is 0 Å². The highest BCUT2D eigenvalue weighted by Gasteiger charge is 2.14. The first-order chi connectivity index (χ1) is 26.1. The molecule has 0 bridgehead atoms. The standard InChI is InChI=1S/C40H52FN5.2C2H6.2C2H4/c1-10-17-38(36-23-33(27-42-9)24-37(41)25-36)28(5)29(6)43-31(8)40-39(30(7)44-45-40)26-35(13-4)34(12-3)22-32(11-2)18-16-21-46-19-14-15-20-46;4*1-2/h10-13,17,22-26,42-44H,1-2,7-8,14-16,18-21,27H2,3-6,9H3;2*1-2H3;2*1-2H2/b29-28+,32-22+,34-12+,35-13+,38-17+,39-26+;;;;. The Morgan fingerprint density at radius 3 is 2.11 bits per heavy atom. The lowest BCUT2D eigenvalue weighted by molar-refractivity contribution is 0.334. The van der Waals surface area contributed by atoms with Crippen molar-refractivity contribution in [3.05, 3.63) is 162 Å². The second-order valence-electron chi connectivity index (χ2n) is 11.7. The van der Waals surface area contributed by atoms with Crippen LogP contribution in [0.2, 0.25) is 0 Å². The molecule has 0 saturated carbocycles. The van der Waals surface area contributed by atoms with Crippen LogP contribution < -0.4 is 21.2 Å². The van der Waals surface area contributed by atoms with Crippen LogP contribution in [-0.2, 0) is 6.54 Å². The van der Waals surface area contributed by atoms with E-state index in [1.807, 2.05) is 73.7 Å². The first-order valence-corrected chi connectivity index (χ1v) is 19.2. The summed E-state index contributed by atoms with van der Waals surface area (Å²) in [5, 5.41) is 15.7. The molecule has 1 fully saturated rings. The molecule has 1 aromatic heterocycles. The normalized spacial score (nSPS) is 14.1. The number of hydrogen-bond acceptors (Lipinski definition) is 4. The molecule has 1 saturated heterocycles. The van der Waals surface area contributed by atoms with Gasteiger partial charge in [-0.2, -0.15) is 5.10 Å². The van der Waals surface area contributed by atoms with E-state index in [0.717, 1.165) is 63.7 Å². The molecule has 0 aliphatic carbocycles. The van der Waals surface area contributed by atoms with Crippen LogP contribution in [0.4, 0.5) is 4.39 Å². The Hall–Kier alpha value is -4.78. The molecule has 5 nitrogen and oxygen atoms in total. The summed E-state index contributed by atoms with van der Waals surface area (Å²) >= 11 is 0. The van der Waals surface area contributed by atoms with Gasteiger partial charge in [-0.25, -0.2) is 4.39 Å². The van der Waals surface area contributed by atoms with Crippen LogP contribution in [0.1, 0.15) is 97.9 Å². The van der Waals surface area contributed by atoms with Crippen molar-refractivity contribution in [2.24, 2.45) is 0 Å². The first kappa shape index (κ1) is 51.3. The van der Waals surface area contributed by atoms with E-state index < -0.39 is 0 Å². The molecule has 0 radical (unpaired) electrons. The minimum atomic E-state index is -0.280. The molecule has 3 N–H and O–H groups in total. The summed E-state index contributed by atoms with van der Waals surface area (Å²) in [4.78, 5) is 2.55. The molecule has 0 spiro atoms. The Morgan fingerprint density at radius 2 is 1.57 bits per heavy atom. The third-order valence-electron chi connectivity index (χ3n) is 8.40. The zero-order valence-corrected chi connectivity index (χ0v) is 35.4. The zero-order valence-electron chi connectivity index (χ0n) is 35.4. The number of hydrogen-bond donors (Lipinski definition) is 3. The third-order valence-corrected chi connectivity index (χ3v) is 8.40. The molecule has 2 aromatic rings. The van der Waals surface area contributed by atoms with E-state index in [4.69, 9.17) is 0 Å². The van der Waals surface area contributed by atoms with E-state index >= 15 is 0 Å². The second-order valence-corrected chi connectivity index (χ2v) is 11.7. The Bertz CT molecular complexity index is 1700. The average molecular weight is 738 g/mol. The molecule has 0 unspecified atom stereocenters. The Kier molecular flexibility index (Phi) is 29.1. The summed E-state index contributed by atoms with van der Waals surface area (Å²) in [7, 11) is 1.85. The van der Waals surface area contributed by atoms with Crippen LogP contribution in [0, 0.1) is 5.82 Å². The lowest BCUT2D eigenvalue weighted by Crippen LogP contribution is -2.26. The van der Waals surface area contributed by atoms with Crippen LogP contribution >= 0.6 is 0 Å². The Morgan fingerprint density at radius 1 is 0.963 bits per heavy atom. The van der Waals surface area contributed by atoms with E-state index in [2.05, 4.69) is 110 Å². The van der Waals surface area contributed by atoms with Gasteiger partial charge in [0.05, 0.1) is 11.0 Å². The van der Waals surface area contributed by atoms with Gasteiger partial charge in [-0.15, -0.1) is 26.3 Å². The highest BCUT2D eigenvalue weighted by molar-refractivity contribution is 5.81. The van der Waals surface area contributed by atoms with E-state index in [0.29, 0.717) is 23.3 Å². The summed E-state index contributed by atoms with van der Waals surface area (Å²) in [6.45, 7) is 48.8. The largest absolute Gasteiger partial charge is 0.358 e. The second kappa shape index (κ2) is 30.7. The molecule has 1 aliphatic heterocycles. The van der Waals surface area contributed by atoms with Crippen molar-refractivity contribution in [1.82, 2.24) is 25.7 Å². The van der Waals surface area contributed by atoms with Crippen molar-refractivity contribution in [1.29, 1.82) is 0 Å². The van der Waals surface area contributed by atoms with Gasteiger partial charge in [0.1, 0.15) is 11.5 Å². The highest BCUT2D eigenvalue weighted by Crippen LogP contribution is 2.27. The zero-order chi connectivity index (χ0) is 41.6. The van der Waals surface area contributed by atoms with Crippen molar-refractivity contribution in [2.45, 2.75) is 87.6 Å². The number of nitrogens with one attached hydrogen (secondary N) is 3. The molecular formula is C48H72FN5. The Balaban J connectivity index is 0. The van der Waals surface area contributed by atoms with Gasteiger partial charge in [0.25, 0.3) is 0 Å². The fourth-order valence-corrected chi connectivity index (χ4v) is 5.79. The van der Waals surface area contributed by atoms with Gasteiger partial charge in [0.2, 0.25) is 0 Å². The summed E-state index contributed by atoms with van der Waals surface area (Å²) in [6, 6.07) is 5.09. The number of likely N-dealkylation sites (tertiary alicyclic amines) is 1. The Labute approximate surface area is 329 Å². The maximum absolute atomic E-state index is 14.5. The fourth-order valence-electron chi connectivity index (χ4n) is 5.79. The number of H-pyrrole nitrogens is 1. The minimum Gasteiger partial charge on any atom is -0.358 e. The van der Waals surface area contributed by atoms with Crippen molar-refractivity contribution in [2.75, 3.05) is 26.7 Å². The number of rotatable bonds is 16. The lowest BCUT2D eigenvalue weighted by Gasteiger charge is -2.16. The maximum atomic E-state index is 14.5. The first-order valence-electron chi connectivity index (χ1n) is 19.2. The van der Waals surface area contributed by atoms with Crippen molar-refractivity contribution >= 4 is 23.9 Å². The predicted molar refractivity (Wildman–Crippen MR) is 242 cm³/mol. The summed E-state index contributed by atoms with van der Waals surface area (Å²) < 4.78 is 14.5. The number of allylic oxidation sites excluding steroid dienone is 12. The molecule has 54 heavy (non-hydrogen) atoms. The minimum absolute atomic E-state index is 0.280. The number of aromatic nitrogens is 2. The van der Waals surface area contributed by atoms with Gasteiger partial charge in [-0.05, 0) is 143 Å². The molecular weight excluding hydrogens is 666 g/mol. The molecule has 1 aromatic carbocycles. The summed E-state index contributed by atoms with van der Waals surface area (Å²) in [5.74, 6) is -0.280. The predicted octanol–water partition coefficient (Wildman–Crippen LogP) is 11.1. The molecule has 6 heteroatoms. The number of benzene rings is 1. The van der Waals surface area contributed by atoms with Crippen LogP contribution in [-0.4, -0.2) is 41.8 Å². The molecule has 1 aliphatic rings. The molecule has 0 atom stereocenters. The van der Waals surface area contributed by atoms with Gasteiger partial charge < -0.3 is 15.5 Å². The van der Waals surface area contributed by atoms with E-state index in [1.54, 1.807) is 18.2 Å². The van der Waals surface area contributed by atoms with Crippen LogP contribution in [0.3, 0.4) is 0 Å². The van der Waals surface area contributed by atoms with Crippen molar-refractivity contribution < 1.29 is 4.39 Å². The van der Waals surface area contributed by atoms with E-state index in [1.165, 1.54) is 31.5 Å². The lowest BCUT2D eigenvalue weighted by atomic mass is 9.95. The van der Waals surface area contributed by atoms with Crippen molar-refractivity contribution in [3.8, 4) is 0 Å². The highest BCUT2D eigenvalue weighted by atomic mass is 19.1. The number of halogens is 1. The molecule has 296 valence electrons. The van der Waals surface area contributed by atoms with E-state index in [-0.39, 0.29) is 5.82 Å². The number of aromatic amines is 1. The topological polar surface area (TPSA) is 56.0 Å². The quantitative estimate of drug-likeness (QED) is 0.119. The van der Waals surface area contributed by atoms with E-state index in [9.17, 15) is 4.39 Å². The van der Waals surface area contributed by atoms with Gasteiger partial charge in [-0.3, -0.25) is 5.10 Å². The van der Waals surface area contributed by atoms with Gasteiger partial charge >= 0.3 is 0 Å².